The lowest BCUT2D eigenvalue weighted by Crippen LogP contribution is -2.42. The number of hydrogen-bond donors (Lipinski definition) is 2. The lowest BCUT2D eigenvalue weighted by molar-refractivity contribution is -0.122. The molecular weight excluding hydrogens is 177 g/mol. The van der Waals surface area contributed by atoms with Crippen LogP contribution in [0.1, 0.15) is 20.3 Å². The Morgan fingerprint density at radius 1 is 1.77 bits per heavy atom. The van der Waals surface area contributed by atoms with Crippen molar-refractivity contribution in [2.75, 3.05) is 0 Å². The van der Waals surface area contributed by atoms with Gasteiger partial charge in [0, 0.05) is 13.3 Å². The van der Waals surface area contributed by atoms with E-state index in [1.165, 1.54) is 13.8 Å². The molecule has 1 saturated heterocycles. The molecule has 0 radical (unpaired) electrons. The predicted octanol–water partition coefficient (Wildman–Crippen LogP) is -0.0436. The van der Waals surface area contributed by atoms with Crippen LogP contribution < -0.4 is 5.32 Å². The quantitative estimate of drug-likeness (QED) is 0.643. The summed E-state index contributed by atoms with van der Waals surface area (Å²) in [6.45, 7) is 2.70. The second-order valence-electron chi connectivity index (χ2n) is 3.28. The van der Waals surface area contributed by atoms with Gasteiger partial charge in [-0.3, -0.25) is 4.79 Å². The third-order valence-corrected chi connectivity index (χ3v) is 2.01. The van der Waals surface area contributed by atoms with Crippen LogP contribution in [0.5, 0.6) is 0 Å². The van der Waals surface area contributed by atoms with Crippen LogP contribution in [0.2, 0.25) is 0 Å². The summed E-state index contributed by atoms with van der Waals surface area (Å²) in [4.78, 5) is 10.7. The van der Waals surface area contributed by atoms with Gasteiger partial charge in [0.25, 0.3) is 0 Å². The maximum Gasteiger partial charge on any atom is 0.217 e. The molecule has 5 heteroatoms. The van der Waals surface area contributed by atoms with Crippen molar-refractivity contribution in [3.8, 4) is 0 Å². The molecule has 0 bridgehead atoms. The van der Waals surface area contributed by atoms with Gasteiger partial charge in [-0.1, -0.05) is 0 Å². The Bertz CT molecular complexity index is 198. The zero-order valence-corrected chi connectivity index (χ0v) is 7.66. The summed E-state index contributed by atoms with van der Waals surface area (Å²) in [7, 11) is 0. The Morgan fingerprint density at radius 3 is 2.85 bits per heavy atom. The van der Waals surface area contributed by atoms with Crippen LogP contribution in [-0.4, -0.2) is 35.6 Å². The number of aliphatic hydroxyl groups excluding tert-OH is 1. The zero-order valence-electron chi connectivity index (χ0n) is 7.66. The molecule has 0 spiro atoms. The highest BCUT2D eigenvalue weighted by Gasteiger charge is 2.38. The molecule has 0 aromatic rings. The van der Waals surface area contributed by atoms with Crippen molar-refractivity contribution in [1.29, 1.82) is 0 Å². The van der Waals surface area contributed by atoms with Crippen molar-refractivity contribution >= 4 is 5.91 Å². The predicted molar refractivity (Wildman–Crippen MR) is 43.7 cm³/mol. The van der Waals surface area contributed by atoms with Gasteiger partial charge in [0.2, 0.25) is 5.91 Å². The number of aliphatic hydroxyl groups is 1. The maximum absolute atomic E-state index is 12.9. The summed E-state index contributed by atoms with van der Waals surface area (Å²) in [6, 6.07) is -0.424. The minimum absolute atomic E-state index is 0.242. The van der Waals surface area contributed by atoms with Crippen molar-refractivity contribution < 1.29 is 19.0 Å². The standard InChI is InChI=1S/C8H14FNO3/c1-4(9)8-6(10-5(2)11)3-7(12)13-8/h4,6-8,12H,3H2,1-2H3,(H,10,11)/t4-,6-,7+,8+/m1/s1. The second-order valence-corrected chi connectivity index (χ2v) is 3.28. The molecule has 1 rings (SSSR count). The number of hydrogen-bond acceptors (Lipinski definition) is 3. The molecule has 1 amide bonds. The molecule has 0 unspecified atom stereocenters. The number of ether oxygens (including phenoxy) is 1. The smallest absolute Gasteiger partial charge is 0.217 e. The summed E-state index contributed by atoms with van der Waals surface area (Å²) < 4.78 is 17.8. The van der Waals surface area contributed by atoms with E-state index in [9.17, 15) is 9.18 Å². The van der Waals surface area contributed by atoms with Crippen molar-refractivity contribution in [2.45, 2.75) is 44.9 Å². The second kappa shape index (κ2) is 4.02. The lowest BCUT2D eigenvalue weighted by Gasteiger charge is -2.19. The van der Waals surface area contributed by atoms with Crippen LogP contribution in [0.4, 0.5) is 4.39 Å². The maximum atomic E-state index is 12.9. The Labute approximate surface area is 76.1 Å². The Kier molecular flexibility index (Phi) is 3.22. The Morgan fingerprint density at radius 2 is 2.38 bits per heavy atom. The highest BCUT2D eigenvalue weighted by molar-refractivity contribution is 5.73. The van der Waals surface area contributed by atoms with Gasteiger partial charge >= 0.3 is 0 Å². The van der Waals surface area contributed by atoms with Crippen LogP contribution in [0.25, 0.3) is 0 Å². The molecular formula is C8H14FNO3. The van der Waals surface area contributed by atoms with E-state index in [-0.39, 0.29) is 12.3 Å². The molecule has 1 aliphatic heterocycles. The van der Waals surface area contributed by atoms with E-state index >= 15 is 0 Å². The van der Waals surface area contributed by atoms with E-state index in [2.05, 4.69) is 5.32 Å². The average Bonchev–Trinajstić information content (AvgIpc) is 2.29. The molecule has 2 N–H and O–H groups in total. The first-order valence-corrected chi connectivity index (χ1v) is 4.25. The van der Waals surface area contributed by atoms with Crippen molar-refractivity contribution in [2.24, 2.45) is 0 Å². The molecule has 13 heavy (non-hydrogen) atoms. The van der Waals surface area contributed by atoms with Gasteiger partial charge in [-0.2, -0.15) is 0 Å². The first kappa shape index (κ1) is 10.4. The number of halogens is 1. The average molecular weight is 191 g/mol. The van der Waals surface area contributed by atoms with E-state index < -0.39 is 24.6 Å². The zero-order chi connectivity index (χ0) is 10.0. The van der Waals surface area contributed by atoms with Gasteiger partial charge in [0.15, 0.2) is 6.29 Å². The number of rotatable bonds is 2. The normalized spacial score (nSPS) is 35.8. The minimum Gasteiger partial charge on any atom is -0.368 e. The van der Waals surface area contributed by atoms with Crippen LogP contribution in [0.15, 0.2) is 0 Å². The largest absolute Gasteiger partial charge is 0.368 e. The summed E-state index contributed by atoms with van der Waals surface area (Å²) in [6.07, 6.45) is -2.66. The minimum atomic E-state index is -1.20. The van der Waals surface area contributed by atoms with Crippen molar-refractivity contribution in [3.63, 3.8) is 0 Å². The Balaban J connectivity index is 2.55. The van der Waals surface area contributed by atoms with Crippen LogP contribution in [0.3, 0.4) is 0 Å². The molecule has 4 nitrogen and oxygen atoms in total. The summed E-state index contributed by atoms with van der Waals surface area (Å²) in [5, 5.41) is 11.6. The molecule has 1 heterocycles. The summed E-state index contributed by atoms with van der Waals surface area (Å²) in [5.41, 5.74) is 0. The fourth-order valence-corrected chi connectivity index (χ4v) is 1.51. The lowest BCUT2D eigenvalue weighted by atomic mass is 10.1. The fraction of sp³-hybridized carbons (Fsp3) is 0.875. The Hall–Kier alpha value is -0.680. The molecule has 4 atom stereocenters. The molecule has 1 fully saturated rings. The van der Waals surface area contributed by atoms with Crippen LogP contribution in [0, 0.1) is 0 Å². The third-order valence-electron chi connectivity index (χ3n) is 2.01. The van der Waals surface area contributed by atoms with E-state index in [0.717, 1.165) is 0 Å². The monoisotopic (exact) mass is 191 g/mol. The van der Waals surface area contributed by atoms with E-state index in [0.29, 0.717) is 0 Å². The number of nitrogens with one attached hydrogen (secondary N) is 1. The van der Waals surface area contributed by atoms with Gasteiger partial charge in [0.1, 0.15) is 12.3 Å². The number of carbonyl (C=O) groups is 1. The molecule has 0 aliphatic carbocycles. The topological polar surface area (TPSA) is 58.6 Å². The summed E-state index contributed by atoms with van der Waals surface area (Å²) >= 11 is 0. The van der Waals surface area contributed by atoms with Crippen LogP contribution >= 0.6 is 0 Å². The summed E-state index contributed by atoms with van der Waals surface area (Å²) in [5.74, 6) is -0.242. The van der Waals surface area contributed by atoms with E-state index in [1.807, 2.05) is 0 Å². The van der Waals surface area contributed by atoms with Crippen molar-refractivity contribution in [1.82, 2.24) is 5.32 Å². The number of carbonyl (C=O) groups excluding carboxylic acids is 1. The van der Waals surface area contributed by atoms with E-state index in [1.54, 1.807) is 0 Å². The molecule has 76 valence electrons. The van der Waals surface area contributed by atoms with Gasteiger partial charge in [-0.15, -0.1) is 0 Å². The van der Waals surface area contributed by atoms with Gasteiger partial charge in [0.05, 0.1) is 6.04 Å². The van der Waals surface area contributed by atoms with Crippen molar-refractivity contribution in [3.05, 3.63) is 0 Å². The van der Waals surface area contributed by atoms with Gasteiger partial charge in [-0.05, 0) is 6.92 Å². The van der Waals surface area contributed by atoms with Crippen LogP contribution in [-0.2, 0) is 9.53 Å². The molecule has 0 saturated carbocycles. The highest BCUT2D eigenvalue weighted by atomic mass is 19.1. The number of alkyl halides is 1. The van der Waals surface area contributed by atoms with Gasteiger partial charge < -0.3 is 15.2 Å². The molecule has 0 aromatic heterocycles. The first-order valence-electron chi connectivity index (χ1n) is 4.25. The SMILES string of the molecule is CC(=O)N[C@@H]1C[C@@H](O)O[C@H]1[C@@H](C)F. The fourth-order valence-electron chi connectivity index (χ4n) is 1.51. The van der Waals surface area contributed by atoms with E-state index in [4.69, 9.17) is 9.84 Å². The molecule has 1 aliphatic rings. The number of amides is 1. The highest BCUT2D eigenvalue weighted by Crippen LogP contribution is 2.22. The third kappa shape index (κ3) is 2.63. The van der Waals surface area contributed by atoms with Gasteiger partial charge in [-0.25, -0.2) is 4.39 Å². The first-order chi connectivity index (χ1) is 6.00. The molecule has 0 aromatic carbocycles.